The first-order valence-electron chi connectivity index (χ1n) is 9.58. The van der Waals surface area contributed by atoms with Crippen molar-refractivity contribution < 1.29 is 18.7 Å². The number of hydrogen-bond donors (Lipinski definition) is 0. The number of benzene rings is 1. The van der Waals surface area contributed by atoms with Crippen molar-refractivity contribution in [1.82, 2.24) is 14.9 Å². The molecular formula is C21H25ClFN3O3. The number of halogens is 2. The van der Waals surface area contributed by atoms with E-state index in [9.17, 15) is 9.18 Å². The minimum absolute atomic E-state index is 0.0332. The predicted molar refractivity (Wildman–Crippen MR) is 108 cm³/mol. The normalized spacial score (nSPS) is 15.3. The fourth-order valence-corrected chi connectivity index (χ4v) is 3.33. The van der Waals surface area contributed by atoms with Gasteiger partial charge in [-0.25, -0.2) is 14.2 Å². The highest BCUT2D eigenvalue weighted by atomic mass is 35.5. The number of nitrogens with zero attached hydrogens (tertiary/aromatic N) is 3. The summed E-state index contributed by atoms with van der Waals surface area (Å²) < 4.78 is 25.2. The van der Waals surface area contributed by atoms with Crippen molar-refractivity contribution in [3.8, 4) is 5.88 Å². The van der Waals surface area contributed by atoms with Crippen molar-refractivity contribution in [2.75, 3.05) is 13.1 Å². The van der Waals surface area contributed by atoms with E-state index >= 15 is 0 Å². The molecule has 1 amide bonds. The van der Waals surface area contributed by atoms with Crippen LogP contribution in [0.25, 0.3) is 0 Å². The summed E-state index contributed by atoms with van der Waals surface area (Å²) in [7, 11) is 0. The molecule has 1 aliphatic rings. The number of piperidine rings is 1. The molecule has 1 saturated heterocycles. The van der Waals surface area contributed by atoms with Gasteiger partial charge in [-0.15, -0.1) is 0 Å². The molecule has 2 heterocycles. The van der Waals surface area contributed by atoms with Crippen LogP contribution < -0.4 is 4.74 Å². The fraction of sp³-hybridized carbons (Fsp3) is 0.476. The first kappa shape index (κ1) is 21.3. The van der Waals surface area contributed by atoms with Crippen LogP contribution in [0, 0.1) is 5.82 Å². The minimum Gasteiger partial charge on any atom is -0.471 e. The summed E-state index contributed by atoms with van der Waals surface area (Å²) in [4.78, 5) is 22.7. The molecule has 2 aromatic rings. The Kier molecular flexibility index (Phi) is 6.57. The summed E-state index contributed by atoms with van der Waals surface area (Å²) in [6, 6.07) is 4.46. The number of ether oxygens (including phenoxy) is 2. The Labute approximate surface area is 175 Å². The van der Waals surface area contributed by atoms with Gasteiger partial charge in [-0.2, -0.15) is 0 Å². The second-order valence-electron chi connectivity index (χ2n) is 8.01. The largest absolute Gasteiger partial charge is 0.471 e. The fourth-order valence-electron chi connectivity index (χ4n) is 3.17. The molecule has 0 aliphatic carbocycles. The smallest absolute Gasteiger partial charge is 0.410 e. The van der Waals surface area contributed by atoms with Gasteiger partial charge < -0.3 is 14.4 Å². The van der Waals surface area contributed by atoms with E-state index in [1.54, 1.807) is 29.4 Å². The Balaban J connectivity index is 1.63. The van der Waals surface area contributed by atoms with Gasteiger partial charge in [0.05, 0.1) is 0 Å². The van der Waals surface area contributed by atoms with E-state index in [-0.39, 0.29) is 18.6 Å². The molecule has 1 aromatic heterocycles. The molecule has 0 unspecified atom stereocenters. The number of rotatable bonds is 4. The zero-order valence-electron chi connectivity index (χ0n) is 16.8. The molecule has 1 aliphatic heterocycles. The molecule has 0 bridgehead atoms. The average molecular weight is 422 g/mol. The van der Waals surface area contributed by atoms with E-state index in [1.807, 2.05) is 20.8 Å². The Morgan fingerprint density at radius 3 is 2.59 bits per heavy atom. The lowest BCUT2D eigenvalue weighted by Crippen LogP contribution is -2.41. The first-order chi connectivity index (χ1) is 13.7. The molecule has 0 saturated carbocycles. The van der Waals surface area contributed by atoms with Crippen molar-refractivity contribution in [3.05, 3.63) is 52.7 Å². The highest BCUT2D eigenvalue weighted by Gasteiger charge is 2.29. The molecule has 0 N–H and O–H groups in total. The first-order valence-corrected chi connectivity index (χ1v) is 9.96. The summed E-state index contributed by atoms with van der Waals surface area (Å²) in [5.74, 6) is 0.0682. The molecule has 1 fully saturated rings. The van der Waals surface area contributed by atoms with Crippen LogP contribution in [0.5, 0.6) is 5.88 Å². The van der Waals surface area contributed by atoms with Gasteiger partial charge in [0.15, 0.2) is 0 Å². The topological polar surface area (TPSA) is 64.5 Å². The van der Waals surface area contributed by atoms with Crippen LogP contribution in [0.15, 0.2) is 30.6 Å². The van der Waals surface area contributed by atoms with Crippen molar-refractivity contribution in [2.45, 2.75) is 51.7 Å². The maximum Gasteiger partial charge on any atom is 0.410 e. The van der Waals surface area contributed by atoms with E-state index in [2.05, 4.69) is 9.97 Å². The molecule has 0 atom stereocenters. The number of likely N-dealkylation sites (tertiary alicyclic amines) is 1. The SMILES string of the molecule is CC(C)(C)OC(=O)N1CCC(c2nccnc2OCc2ccc(Cl)cc2F)CC1. The number of hydrogen-bond acceptors (Lipinski definition) is 5. The number of carbonyl (C=O) groups excluding carboxylic acids is 1. The Morgan fingerprint density at radius 1 is 1.24 bits per heavy atom. The number of carbonyl (C=O) groups is 1. The molecule has 0 spiro atoms. The van der Waals surface area contributed by atoms with Gasteiger partial charge in [0, 0.05) is 42.0 Å². The van der Waals surface area contributed by atoms with Gasteiger partial charge in [-0.3, -0.25) is 4.98 Å². The maximum absolute atomic E-state index is 14.0. The van der Waals surface area contributed by atoms with E-state index in [0.717, 1.165) is 18.5 Å². The zero-order chi connectivity index (χ0) is 21.0. The maximum atomic E-state index is 14.0. The summed E-state index contributed by atoms with van der Waals surface area (Å²) >= 11 is 5.79. The number of amides is 1. The number of aromatic nitrogens is 2. The standard InChI is InChI=1S/C21H25ClFN3O3/c1-21(2,3)29-20(27)26-10-6-14(7-11-26)18-19(25-9-8-24-18)28-13-15-4-5-16(22)12-17(15)23/h4-5,8-9,12,14H,6-7,10-11,13H2,1-3H3. The lowest BCUT2D eigenvalue weighted by Gasteiger charge is -2.33. The van der Waals surface area contributed by atoms with Gasteiger partial charge >= 0.3 is 6.09 Å². The quantitative estimate of drug-likeness (QED) is 0.697. The van der Waals surface area contributed by atoms with Crippen LogP contribution in [0.2, 0.25) is 5.02 Å². The summed E-state index contributed by atoms with van der Waals surface area (Å²) in [6.45, 7) is 6.73. The molecular weight excluding hydrogens is 397 g/mol. The van der Waals surface area contributed by atoms with Gasteiger partial charge in [0.1, 0.15) is 23.7 Å². The van der Waals surface area contributed by atoms with E-state index in [0.29, 0.717) is 29.6 Å². The highest BCUT2D eigenvalue weighted by molar-refractivity contribution is 6.30. The van der Waals surface area contributed by atoms with Crippen LogP contribution in [0.4, 0.5) is 9.18 Å². The monoisotopic (exact) mass is 421 g/mol. The van der Waals surface area contributed by atoms with Crippen LogP contribution in [0.3, 0.4) is 0 Å². The molecule has 29 heavy (non-hydrogen) atoms. The van der Waals surface area contributed by atoms with Crippen molar-refractivity contribution in [1.29, 1.82) is 0 Å². The second-order valence-corrected chi connectivity index (χ2v) is 8.45. The van der Waals surface area contributed by atoms with E-state index in [1.165, 1.54) is 6.07 Å². The van der Waals surface area contributed by atoms with E-state index in [4.69, 9.17) is 21.1 Å². The van der Waals surface area contributed by atoms with Crippen LogP contribution in [0.1, 0.15) is 50.8 Å². The van der Waals surface area contributed by atoms with Crippen LogP contribution in [-0.2, 0) is 11.3 Å². The molecule has 8 heteroatoms. The summed E-state index contributed by atoms with van der Waals surface area (Å²) in [5.41, 5.74) is 0.605. The molecule has 0 radical (unpaired) electrons. The van der Waals surface area contributed by atoms with Gasteiger partial charge in [0.2, 0.25) is 5.88 Å². The predicted octanol–water partition coefficient (Wildman–Crippen LogP) is 4.96. The van der Waals surface area contributed by atoms with Crippen molar-refractivity contribution >= 4 is 17.7 Å². The average Bonchev–Trinajstić information content (AvgIpc) is 2.66. The summed E-state index contributed by atoms with van der Waals surface area (Å²) in [5, 5.41) is 0.336. The Morgan fingerprint density at radius 2 is 1.93 bits per heavy atom. The molecule has 6 nitrogen and oxygen atoms in total. The lowest BCUT2D eigenvalue weighted by molar-refractivity contribution is 0.0203. The lowest BCUT2D eigenvalue weighted by atomic mass is 9.93. The van der Waals surface area contributed by atoms with Crippen molar-refractivity contribution in [3.63, 3.8) is 0 Å². The zero-order valence-corrected chi connectivity index (χ0v) is 17.6. The summed E-state index contributed by atoms with van der Waals surface area (Å²) in [6.07, 6.45) is 4.32. The minimum atomic E-state index is -0.517. The third kappa shape index (κ3) is 5.79. The van der Waals surface area contributed by atoms with Gasteiger partial charge in [-0.05, 0) is 45.7 Å². The van der Waals surface area contributed by atoms with E-state index < -0.39 is 11.4 Å². The molecule has 3 rings (SSSR count). The van der Waals surface area contributed by atoms with Gasteiger partial charge in [0.25, 0.3) is 0 Å². The van der Waals surface area contributed by atoms with Gasteiger partial charge in [-0.1, -0.05) is 17.7 Å². The van der Waals surface area contributed by atoms with Crippen molar-refractivity contribution in [2.24, 2.45) is 0 Å². The molecule has 156 valence electrons. The van der Waals surface area contributed by atoms with Crippen LogP contribution in [-0.4, -0.2) is 39.7 Å². The highest BCUT2D eigenvalue weighted by Crippen LogP contribution is 2.32. The Hall–Kier alpha value is -2.41. The van der Waals surface area contributed by atoms with Crippen LogP contribution >= 0.6 is 11.6 Å². The molecule has 1 aromatic carbocycles. The third-order valence-corrected chi connectivity index (χ3v) is 4.84. The third-order valence-electron chi connectivity index (χ3n) is 4.60. The Bertz CT molecular complexity index is 864. The second kappa shape index (κ2) is 8.95.